The molecule has 0 aromatic heterocycles. The largest absolute Gasteiger partial charge is 0.465 e. The van der Waals surface area contributed by atoms with Crippen LogP contribution in [0.5, 0.6) is 0 Å². The summed E-state index contributed by atoms with van der Waals surface area (Å²) in [5, 5.41) is 11.6. The molecule has 1 aliphatic heterocycles. The van der Waals surface area contributed by atoms with Crippen LogP contribution in [0.2, 0.25) is 0 Å². The number of rotatable bonds is 10. The highest BCUT2D eigenvalue weighted by molar-refractivity contribution is 5.91. The molecule has 8 heteroatoms. The number of hydrogen-bond donors (Lipinski definition) is 2. The standard InChI is InChI=1S/C25H28FNO6/c1-31-25(30)18-10-8-17(9-11-18)20-14-22(33-23(15-20)32-13-5-4-12-28)24(29)27-16-19-6-2-3-7-21(19)26/h2-3,6-11,14,20,23,28H,4-5,12-13,15-16H2,1H3,(H,27,29)/t20-,23+/m1/s1. The molecule has 3 rings (SSSR count). The zero-order valence-electron chi connectivity index (χ0n) is 18.5. The normalized spacial score (nSPS) is 17.6. The van der Waals surface area contributed by atoms with Crippen molar-refractivity contribution in [3.63, 3.8) is 0 Å². The lowest BCUT2D eigenvalue weighted by atomic mass is 9.92. The number of hydrogen-bond acceptors (Lipinski definition) is 6. The molecule has 1 heterocycles. The molecule has 0 bridgehead atoms. The van der Waals surface area contributed by atoms with Gasteiger partial charge >= 0.3 is 5.97 Å². The number of unbranched alkanes of at least 4 members (excludes halogenated alkanes) is 1. The molecule has 0 aliphatic carbocycles. The first-order valence-corrected chi connectivity index (χ1v) is 10.8. The van der Waals surface area contributed by atoms with Crippen molar-refractivity contribution in [1.29, 1.82) is 0 Å². The molecule has 2 N–H and O–H groups in total. The average Bonchev–Trinajstić information content (AvgIpc) is 2.85. The van der Waals surface area contributed by atoms with Crippen LogP contribution in [0.1, 0.15) is 46.7 Å². The van der Waals surface area contributed by atoms with E-state index in [-0.39, 0.29) is 24.8 Å². The lowest BCUT2D eigenvalue weighted by Crippen LogP contribution is -2.33. The Morgan fingerprint density at radius 2 is 1.91 bits per heavy atom. The van der Waals surface area contributed by atoms with E-state index < -0.39 is 24.0 Å². The van der Waals surface area contributed by atoms with Gasteiger partial charge in [-0.2, -0.15) is 0 Å². The van der Waals surface area contributed by atoms with E-state index >= 15 is 0 Å². The smallest absolute Gasteiger partial charge is 0.337 e. The highest BCUT2D eigenvalue weighted by Gasteiger charge is 2.29. The molecular weight excluding hydrogens is 429 g/mol. The quantitative estimate of drug-likeness (QED) is 0.419. The summed E-state index contributed by atoms with van der Waals surface area (Å²) in [6.07, 6.45) is 2.79. The van der Waals surface area contributed by atoms with Gasteiger partial charge < -0.3 is 24.6 Å². The van der Waals surface area contributed by atoms with E-state index in [9.17, 15) is 14.0 Å². The zero-order chi connectivity index (χ0) is 23.6. The van der Waals surface area contributed by atoms with Crippen LogP contribution in [0, 0.1) is 5.82 Å². The van der Waals surface area contributed by atoms with Gasteiger partial charge in [0.2, 0.25) is 6.29 Å². The average molecular weight is 457 g/mol. The van der Waals surface area contributed by atoms with Crippen molar-refractivity contribution < 1.29 is 33.3 Å². The van der Waals surface area contributed by atoms with E-state index in [2.05, 4.69) is 5.32 Å². The second-order valence-electron chi connectivity index (χ2n) is 7.61. The summed E-state index contributed by atoms with van der Waals surface area (Å²) in [5.74, 6) is -1.40. The van der Waals surface area contributed by atoms with E-state index in [4.69, 9.17) is 19.3 Å². The van der Waals surface area contributed by atoms with Crippen LogP contribution in [0.3, 0.4) is 0 Å². The first-order chi connectivity index (χ1) is 16.0. The number of methoxy groups -OCH3 is 1. The van der Waals surface area contributed by atoms with Gasteiger partial charge in [0.25, 0.3) is 5.91 Å². The Bertz CT molecular complexity index is 975. The predicted molar refractivity (Wildman–Crippen MR) is 119 cm³/mol. The van der Waals surface area contributed by atoms with Crippen molar-refractivity contribution in [1.82, 2.24) is 5.32 Å². The number of amides is 1. The number of esters is 1. The number of carbonyl (C=O) groups excluding carboxylic acids is 2. The van der Waals surface area contributed by atoms with Crippen molar-refractivity contribution in [2.45, 2.75) is 38.0 Å². The van der Waals surface area contributed by atoms with E-state index in [0.29, 0.717) is 37.0 Å². The first-order valence-electron chi connectivity index (χ1n) is 10.8. The molecule has 33 heavy (non-hydrogen) atoms. The molecular formula is C25H28FNO6. The summed E-state index contributed by atoms with van der Waals surface area (Å²) in [4.78, 5) is 24.5. The van der Waals surface area contributed by atoms with Gasteiger partial charge in [-0.15, -0.1) is 0 Å². The van der Waals surface area contributed by atoms with E-state index in [1.807, 2.05) is 0 Å². The highest BCUT2D eigenvalue weighted by atomic mass is 19.1. The summed E-state index contributed by atoms with van der Waals surface area (Å²) >= 11 is 0. The lowest BCUT2D eigenvalue weighted by molar-refractivity contribution is -0.146. The maximum Gasteiger partial charge on any atom is 0.337 e. The summed E-state index contributed by atoms with van der Waals surface area (Å²) in [7, 11) is 1.32. The molecule has 0 fully saturated rings. The highest BCUT2D eigenvalue weighted by Crippen LogP contribution is 2.32. The molecule has 2 atom stereocenters. The number of aliphatic hydroxyl groups excluding tert-OH is 1. The van der Waals surface area contributed by atoms with Gasteiger partial charge in [-0.1, -0.05) is 30.3 Å². The third kappa shape index (κ3) is 6.87. The molecule has 2 aromatic rings. The third-order valence-corrected chi connectivity index (χ3v) is 5.29. The Kier molecular flexibility index (Phi) is 8.97. The van der Waals surface area contributed by atoms with Crippen LogP contribution in [0.25, 0.3) is 0 Å². The molecule has 1 aliphatic rings. The van der Waals surface area contributed by atoms with Crippen molar-refractivity contribution >= 4 is 11.9 Å². The number of halogens is 1. The van der Waals surface area contributed by atoms with Gasteiger partial charge in [0.05, 0.1) is 19.3 Å². The summed E-state index contributed by atoms with van der Waals surface area (Å²) < 4.78 is 30.2. The van der Waals surface area contributed by atoms with Crippen molar-refractivity contribution in [2.24, 2.45) is 0 Å². The number of allylic oxidation sites excluding steroid dienone is 1. The number of aliphatic hydroxyl groups is 1. The molecule has 1 amide bonds. The molecule has 0 saturated heterocycles. The van der Waals surface area contributed by atoms with Crippen molar-refractivity contribution in [2.75, 3.05) is 20.3 Å². The van der Waals surface area contributed by atoms with Crippen molar-refractivity contribution in [3.05, 3.63) is 82.9 Å². The predicted octanol–water partition coefficient (Wildman–Crippen LogP) is 3.43. The lowest BCUT2D eigenvalue weighted by Gasteiger charge is -2.29. The minimum Gasteiger partial charge on any atom is -0.465 e. The Labute approximate surface area is 192 Å². The number of nitrogens with one attached hydrogen (secondary N) is 1. The Morgan fingerprint density at radius 1 is 1.15 bits per heavy atom. The van der Waals surface area contributed by atoms with Crippen LogP contribution in [0.4, 0.5) is 4.39 Å². The summed E-state index contributed by atoms with van der Waals surface area (Å²) in [5.41, 5.74) is 1.68. The molecule has 176 valence electrons. The monoisotopic (exact) mass is 457 g/mol. The third-order valence-electron chi connectivity index (χ3n) is 5.29. The summed E-state index contributed by atoms with van der Waals surface area (Å²) in [6.45, 7) is 0.476. The van der Waals surface area contributed by atoms with Crippen LogP contribution < -0.4 is 5.32 Å². The Morgan fingerprint density at radius 3 is 2.61 bits per heavy atom. The van der Waals surface area contributed by atoms with Crippen LogP contribution >= 0.6 is 0 Å². The fraction of sp³-hybridized carbons (Fsp3) is 0.360. The van der Waals surface area contributed by atoms with Gasteiger partial charge in [0.1, 0.15) is 5.82 Å². The van der Waals surface area contributed by atoms with E-state index in [1.54, 1.807) is 48.5 Å². The van der Waals surface area contributed by atoms with Gasteiger partial charge in [-0.05, 0) is 42.7 Å². The first kappa shape index (κ1) is 24.4. The van der Waals surface area contributed by atoms with Crippen LogP contribution in [0.15, 0.2) is 60.4 Å². The second-order valence-corrected chi connectivity index (χ2v) is 7.61. The van der Waals surface area contributed by atoms with E-state index in [0.717, 1.165) is 5.56 Å². The SMILES string of the molecule is COC(=O)c1ccc([C@@H]2C=C(C(=O)NCc3ccccc3F)O[C@H](OCCCCO)C2)cc1. The molecule has 0 saturated carbocycles. The fourth-order valence-corrected chi connectivity index (χ4v) is 3.47. The molecule has 0 unspecified atom stereocenters. The minimum atomic E-state index is -0.659. The van der Waals surface area contributed by atoms with Gasteiger partial charge in [-0.3, -0.25) is 4.79 Å². The maximum absolute atomic E-state index is 13.9. The molecule has 0 spiro atoms. The van der Waals surface area contributed by atoms with Crippen molar-refractivity contribution in [3.8, 4) is 0 Å². The van der Waals surface area contributed by atoms with E-state index in [1.165, 1.54) is 13.2 Å². The number of benzene rings is 2. The second kappa shape index (κ2) is 12.1. The zero-order valence-corrected chi connectivity index (χ0v) is 18.5. The number of ether oxygens (including phenoxy) is 3. The maximum atomic E-state index is 13.9. The van der Waals surface area contributed by atoms with Gasteiger partial charge in [-0.25, -0.2) is 9.18 Å². The topological polar surface area (TPSA) is 94.1 Å². The van der Waals surface area contributed by atoms with Crippen LogP contribution in [-0.2, 0) is 25.5 Å². The molecule has 2 aromatic carbocycles. The van der Waals surface area contributed by atoms with Crippen LogP contribution in [-0.4, -0.2) is 43.6 Å². The Balaban J connectivity index is 1.74. The fourth-order valence-electron chi connectivity index (χ4n) is 3.47. The van der Waals surface area contributed by atoms with Gasteiger partial charge in [0, 0.05) is 31.1 Å². The Hall–Kier alpha value is -3.23. The number of carbonyl (C=O) groups is 2. The molecule has 0 radical (unpaired) electrons. The minimum absolute atomic E-state index is 0.0206. The van der Waals surface area contributed by atoms with Gasteiger partial charge in [0.15, 0.2) is 5.76 Å². The summed E-state index contributed by atoms with van der Waals surface area (Å²) in [6, 6.07) is 13.2. The molecule has 7 nitrogen and oxygen atoms in total.